The summed E-state index contributed by atoms with van der Waals surface area (Å²) in [6.45, 7) is 6.45. The molecule has 0 bridgehead atoms. The van der Waals surface area contributed by atoms with Gasteiger partial charge in [-0.25, -0.2) is 0 Å². The molecule has 3 heterocycles. The molecule has 0 amide bonds. The number of aromatic nitrogens is 2. The lowest BCUT2D eigenvalue weighted by atomic mass is 10.0. The third kappa shape index (κ3) is 3.07. The second kappa shape index (κ2) is 6.47. The molecule has 0 saturated heterocycles. The first kappa shape index (κ1) is 16.6. The molecule has 0 spiro atoms. The van der Waals surface area contributed by atoms with Crippen LogP contribution in [-0.4, -0.2) is 28.0 Å². The van der Waals surface area contributed by atoms with Crippen LogP contribution in [0, 0.1) is 6.92 Å². The van der Waals surface area contributed by atoms with Crippen LogP contribution in [0.5, 0.6) is 0 Å². The van der Waals surface area contributed by atoms with Gasteiger partial charge in [0, 0.05) is 59.1 Å². The second-order valence-electron chi connectivity index (χ2n) is 7.31. The lowest BCUT2D eigenvalue weighted by Gasteiger charge is -2.26. The van der Waals surface area contributed by atoms with Gasteiger partial charge in [0.2, 0.25) is 0 Å². The van der Waals surface area contributed by atoms with Gasteiger partial charge in [-0.1, -0.05) is 17.7 Å². The van der Waals surface area contributed by atoms with E-state index in [4.69, 9.17) is 11.6 Å². The molecular formula is C21H24ClN3. The van der Waals surface area contributed by atoms with E-state index in [1.807, 2.05) is 19.2 Å². The first-order chi connectivity index (χ1) is 12.0. The highest BCUT2D eigenvalue weighted by Gasteiger charge is 2.24. The van der Waals surface area contributed by atoms with E-state index in [0.29, 0.717) is 6.04 Å². The highest BCUT2D eigenvalue weighted by Crippen LogP contribution is 2.35. The Morgan fingerprint density at radius 1 is 1.24 bits per heavy atom. The van der Waals surface area contributed by atoms with Gasteiger partial charge in [0.1, 0.15) is 0 Å². The molecule has 0 fully saturated rings. The molecule has 3 nitrogen and oxygen atoms in total. The van der Waals surface area contributed by atoms with Crippen LogP contribution in [-0.2, 0) is 19.4 Å². The number of nitrogens with zero attached hydrogens (tertiary/aromatic N) is 3. The summed E-state index contributed by atoms with van der Waals surface area (Å²) in [6, 6.07) is 11.0. The number of fused-ring (bicyclic) bond motifs is 3. The minimum atomic E-state index is 0.389. The third-order valence-corrected chi connectivity index (χ3v) is 5.52. The van der Waals surface area contributed by atoms with Crippen molar-refractivity contribution in [3.8, 4) is 0 Å². The molecule has 2 aromatic heterocycles. The molecule has 0 unspecified atom stereocenters. The molecule has 1 aromatic carbocycles. The molecule has 3 aromatic rings. The Hall–Kier alpha value is -1.84. The zero-order valence-electron chi connectivity index (χ0n) is 15.1. The average Bonchev–Trinajstić information content (AvgIpc) is 2.90. The van der Waals surface area contributed by atoms with Crippen molar-refractivity contribution in [2.75, 3.05) is 13.6 Å². The number of pyridine rings is 1. The molecule has 0 N–H and O–H groups in total. The van der Waals surface area contributed by atoms with E-state index in [1.165, 1.54) is 27.7 Å². The Morgan fingerprint density at radius 2 is 2.08 bits per heavy atom. The number of hydrogen-bond acceptors (Lipinski definition) is 2. The molecule has 4 rings (SSSR count). The maximum absolute atomic E-state index is 6.30. The molecule has 25 heavy (non-hydrogen) atoms. The summed E-state index contributed by atoms with van der Waals surface area (Å²) < 4.78 is 2.54. The summed E-state index contributed by atoms with van der Waals surface area (Å²) in [6.07, 6.45) is 4.09. The van der Waals surface area contributed by atoms with Gasteiger partial charge in [0.25, 0.3) is 0 Å². The van der Waals surface area contributed by atoms with Gasteiger partial charge in [-0.3, -0.25) is 4.98 Å². The lowest BCUT2D eigenvalue weighted by Crippen LogP contribution is -2.28. The van der Waals surface area contributed by atoms with E-state index in [2.05, 4.69) is 52.7 Å². The van der Waals surface area contributed by atoms with E-state index in [1.54, 1.807) is 0 Å². The van der Waals surface area contributed by atoms with Crippen LogP contribution in [0.1, 0.15) is 35.5 Å². The molecule has 0 aliphatic carbocycles. The minimum absolute atomic E-state index is 0.389. The van der Waals surface area contributed by atoms with Gasteiger partial charge in [0.15, 0.2) is 0 Å². The van der Waals surface area contributed by atoms with Crippen LogP contribution < -0.4 is 0 Å². The summed E-state index contributed by atoms with van der Waals surface area (Å²) in [7, 11) is 2.19. The number of halogens is 1. The Bertz CT molecular complexity index is 911. The third-order valence-electron chi connectivity index (χ3n) is 5.29. The molecular weight excluding hydrogens is 330 g/mol. The standard InChI is InChI=1S/C21H24ClN3/c1-14-4-5-16(12-23-14)10-15(2)25-20-7-6-17(22)11-18(20)19-13-24(3)9-8-21(19)25/h4-7,11-12,15H,8-10,13H2,1-3H3/t15-/m1/s1. The van der Waals surface area contributed by atoms with Crippen molar-refractivity contribution in [2.24, 2.45) is 0 Å². The maximum Gasteiger partial charge on any atom is 0.0489 e. The molecule has 0 saturated carbocycles. The fraction of sp³-hybridized carbons (Fsp3) is 0.381. The first-order valence-corrected chi connectivity index (χ1v) is 9.32. The molecule has 1 aliphatic heterocycles. The normalized spacial score (nSPS) is 16.2. The van der Waals surface area contributed by atoms with Gasteiger partial charge >= 0.3 is 0 Å². The van der Waals surface area contributed by atoms with Gasteiger partial charge in [-0.2, -0.15) is 0 Å². The van der Waals surface area contributed by atoms with Crippen LogP contribution >= 0.6 is 11.6 Å². The summed E-state index contributed by atoms with van der Waals surface area (Å²) in [4.78, 5) is 6.84. The molecule has 1 aliphatic rings. The topological polar surface area (TPSA) is 21.1 Å². The predicted molar refractivity (Wildman–Crippen MR) is 104 cm³/mol. The van der Waals surface area contributed by atoms with Crippen LogP contribution in [0.3, 0.4) is 0 Å². The highest BCUT2D eigenvalue weighted by molar-refractivity contribution is 6.31. The van der Waals surface area contributed by atoms with Crippen LogP contribution in [0.4, 0.5) is 0 Å². The predicted octanol–water partition coefficient (Wildman–Crippen LogP) is 4.79. The Balaban J connectivity index is 1.79. The van der Waals surface area contributed by atoms with Crippen molar-refractivity contribution in [1.29, 1.82) is 0 Å². The Labute approximate surface area is 154 Å². The minimum Gasteiger partial charge on any atom is -0.341 e. The number of benzene rings is 1. The van der Waals surface area contributed by atoms with Crippen molar-refractivity contribution in [2.45, 2.75) is 39.3 Å². The SMILES string of the molecule is Cc1ccc(C[C@@H](C)n2c3c(c4cc(Cl)ccc42)CN(C)CC3)cn1. The lowest BCUT2D eigenvalue weighted by molar-refractivity contribution is 0.307. The number of likely N-dealkylation sites (N-methyl/N-ethyl adjacent to an activating group) is 1. The Kier molecular flexibility index (Phi) is 4.30. The first-order valence-electron chi connectivity index (χ1n) is 8.94. The zero-order chi connectivity index (χ0) is 17.6. The molecule has 0 radical (unpaired) electrons. The van der Waals surface area contributed by atoms with E-state index in [9.17, 15) is 0 Å². The van der Waals surface area contributed by atoms with E-state index >= 15 is 0 Å². The summed E-state index contributed by atoms with van der Waals surface area (Å²) >= 11 is 6.30. The van der Waals surface area contributed by atoms with Crippen LogP contribution in [0.25, 0.3) is 10.9 Å². The van der Waals surface area contributed by atoms with Crippen LogP contribution in [0.2, 0.25) is 5.02 Å². The molecule has 1 atom stereocenters. The van der Waals surface area contributed by atoms with Gasteiger partial charge in [0.05, 0.1) is 0 Å². The fourth-order valence-corrected chi connectivity index (χ4v) is 4.23. The number of hydrogen-bond donors (Lipinski definition) is 0. The smallest absolute Gasteiger partial charge is 0.0489 e. The quantitative estimate of drug-likeness (QED) is 0.675. The number of aryl methyl sites for hydroxylation is 1. The van der Waals surface area contributed by atoms with Crippen molar-refractivity contribution in [3.05, 3.63) is 64.1 Å². The monoisotopic (exact) mass is 353 g/mol. The van der Waals surface area contributed by atoms with Gasteiger partial charge < -0.3 is 9.47 Å². The molecule has 4 heteroatoms. The van der Waals surface area contributed by atoms with E-state index in [-0.39, 0.29) is 0 Å². The number of rotatable bonds is 3. The van der Waals surface area contributed by atoms with Crippen molar-refractivity contribution < 1.29 is 0 Å². The van der Waals surface area contributed by atoms with Crippen molar-refractivity contribution in [3.63, 3.8) is 0 Å². The largest absolute Gasteiger partial charge is 0.341 e. The van der Waals surface area contributed by atoms with Gasteiger partial charge in [-0.05, 0) is 62.7 Å². The zero-order valence-corrected chi connectivity index (χ0v) is 15.8. The maximum atomic E-state index is 6.30. The summed E-state index contributed by atoms with van der Waals surface area (Å²) in [5, 5.41) is 2.12. The van der Waals surface area contributed by atoms with Crippen molar-refractivity contribution >= 4 is 22.5 Å². The summed E-state index contributed by atoms with van der Waals surface area (Å²) in [5.74, 6) is 0. The van der Waals surface area contributed by atoms with Gasteiger partial charge in [-0.15, -0.1) is 0 Å². The van der Waals surface area contributed by atoms with Crippen LogP contribution in [0.15, 0.2) is 36.5 Å². The highest BCUT2D eigenvalue weighted by atomic mass is 35.5. The fourth-order valence-electron chi connectivity index (χ4n) is 4.05. The second-order valence-corrected chi connectivity index (χ2v) is 7.74. The summed E-state index contributed by atoms with van der Waals surface area (Å²) in [5.41, 5.74) is 6.58. The van der Waals surface area contributed by atoms with E-state index in [0.717, 1.165) is 36.6 Å². The molecule has 130 valence electrons. The Morgan fingerprint density at radius 3 is 2.84 bits per heavy atom. The van der Waals surface area contributed by atoms with Crippen molar-refractivity contribution in [1.82, 2.24) is 14.5 Å². The average molecular weight is 354 g/mol. The van der Waals surface area contributed by atoms with E-state index < -0.39 is 0 Å².